The highest BCUT2D eigenvalue weighted by atomic mass is 35.5. The van der Waals surface area contributed by atoms with Gasteiger partial charge in [0.15, 0.2) is 5.16 Å². The van der Waals surface area contributed by atoms with Crippen molar-refractivity contribution in [1.29, 1.82) is 0 Å². The average molecular weight is 427 g/mol. The molecular weight excluding hydrogens is 404 g/mol. The number of fused-ring (bicyclic) bond motifs is 1. The molecule has 10 heteroatoms. The number of thioether (sulfide) groups is 1. The Labute approximate surface area is 172 Å². The third-order valence-corrected chi connectivity index (χ3v) is 5.01. The van der Waals surface area contributed by atoms with E-state index in [0.29, 0.717) is 40.8 Å². The molecule has 152 valence electrons. The summed E-state index contributed by atoms with van der Waals surface area (Å²) in [5.41, 5.74) is 0.213. The molecule has 3 amide bonds. The first-order valence-electron chi connectivity index (χ1n) is 8.85. The largest absolute Gasteiger partial charge is 0.383 e. The first-order valence-corrected chi connectivity index (χ1v) is 10.2. The van der Waals surface area contributed by atoms with E-state index in [1.165, 1.54) is 11.7 Å². The standard InChI is InChI=1S/C18H23ClN4O4S/c1-3-4-7-20-17(26)22-15(24)11-28-18-21-14-10-12(19)5-6-13(14)16(25)23(18)8-9-27-2/h5-6,10H,3-4,7-9,11H2,1-2H3,(H2,20,22,24,26). The van der Waals surface area contributed by atoms with Gasteiger partial charge in [0, 0.05) is 18.7 Å². The van der Waals surface area contributed by atoms with Crippen LogP contribution in [0.2, 0.25) is 5.02 Å². The zero-order chi connectivity index (χ0) is 20.5. The van der Waals surface area contributed by atoms with Gasteiger partial charge >= 0.3 is 6.03 Å². The molecule has 0 aliphatic rings. The van der Waals surface area contributed by atoms with Crippen LogP contribution < -0.4 is 16.2 Å². The number of amides is 3. The van der Waals surface area contributed by atoms with Gasteiger partial charge in [0.1, 0.15) is 0 Å². The fourth-order valence-electron chi connectivity index (χ4n) is 2.38. The molecule has 0 bridgehead atoms. The van der Waals surface area contributed by atoms with Crippen LogP contribution in [0, 0.1) is 0 Å². The highest BCUT2D eigenvalue weighted by Gasteiger charge is 2.14. The van der Waals surface area contributed by atoms with Gasteiger partial charge in [-0.15, -0.1) is 0 Å². The van der Waals surface area contributed by atoms with Crippen molar-refractivity contribution in [1.82, 2.24) is 20.2 Å². The number of imide groups is 1. The molecule has 1 aromatic heterocycles. The Bertz CT molecular complexity index is 903. The maximum atomic E-state index is 12.8. The number of carbonyl (C=O) groups excluding carboxylic acids is 2. The van der Waals surface area contributed by atoms with Crippen LogP contribution in [0.25, 0.3) is 10.9 Å². The summed E-state index contributed by atoms with van der Waals surface area (Å²) in [6.07, 6.45) is 1.78. The lowest BCUT2D eigenvalue weighted by molar-refractivity contribution is -0.117. The predicted octanol–water partition coefficient (Wildman–Crippen LogP) is 2.41. The average Bonchev–Trinajstić information content (AvgIpc) is 2.65. The van der Waals surface area contributed by atoms with E-state index in [1.54, 1.807) is 18.2 Å². The number of nitrogens with zero attached hydrogens (tertiary/aromatic N) is 2. The van der Waals surface area contributed by atoms with Crippen molar-refractivity contribution >= 4 is 46.2 Å². The summed E-state index contributed by atoms with van der Waals surface area (Å²) in [4.78, 5) is 40.9. The van der Waals surface area contributed by atoms with Gasteiger partial charge in [-0.25, -0.2) is 9.78 Å². The number of benzene rings is 1. The Balaban J connectivity index is 2.14. The molecule has 8 nitrogen and oxygen atoms in total. The number of carbonyl (C=O) groups is 2. The quantitative estimate of drug-likeness (QED) is 0.362. The van der Waals surface area contributed by atoms with Crippen LogP contribution in [0.1, 0.15) is 19.8 Å². The summed E-state index contributed by atoms with van der Waals surface area (Å²) in [5, 5.41) is 6.13. The van der Waals surface area contributed by atoms with Gasteiger partial charge < -0.3 is 10.1 Å². The van der Waals surface area contributed by atoms with Gasteiger partial charge in [0.25, 0.3) is 5.56 Å². The van der Waals surface area contributed by atoms with Crippen molar-refractivity contribution in [3.8, 4) is 0 Å². The normalized spacial score (nSPS) is 10.8. The van der Waals surface area contributed by atoms with Gasteiger partial charge in [-0.3, -0.25) is 19.5 Å². The van der Waals surface area contributed by atoms with Crippen molar-refractivity contribution in [3.63, 3.8) is 0 Å². The van der Waals surface area contributed by atoms with E-state index in [1.807, 2.05) is 6.92 Å². The summed E-state index contributed by atoms with van der Waals surface area (Å²) in [5.74, 6) is -0.537. The van der Waals surface area contributed by atoms with Crippen molar-refractivity contribution in [2.75, 3.05) is 26.0 Å². The summed E-state index contributed by atoms with van der Waals surface area (Å²) in [7, 11) is 1.54. The Morgan fingerprint density at radius 1 is 1.36 bits per heavy atom. The molecule has 1 aromatic carbocycles. The zero-order valence-electron chi connectivity index (χ0n) is 15.8. The fraction of sp³-hybridized carbons (Fsp3) is 0.444. The third kappa shape index (κ3) is 6.22. The van der Waals surface area contributed by atoms with Crippen LogP contribution >= 0.6 is 23.4 Å². The summed E-state index contributed by atoms with van der Waals surface area (Å²) < 4.78 is 6.52. The zero-order valence-corrected chi connectivity index (χ0v) is 17.4. The van der Waals surface area contributed by atoms with Crippen LogP contribution in [0.3, 0.4) is 0 Å². The molecule has 0 saturated carbocycles. The molecule has 0 aliphatic carbocycles. The van der Waals surface area contributed by atoms with Gasteiger partial charge in [-0.05, 0) is 24.6 Å². The topological polar surface area (TPSA) is 102 Å². The molecule has 0 atom stereocenters. The van der Waals surface area contributed by atoms with Crippen molar-refractivity contribution in [3.05, 3.63) is 33.6 Å². The first-order chi connectivity index (χ1) is 13.5. The van der Waals surface area contributed by atoms with E-state index in [0.717, 1.165) is 24.6 Å². The summed E-state index contributed by atoms with van der Waals surface area (Å²) >= 11 is 7.07. The number of hydrogen-bond acceptors (Lipinski definition) is 6. The van der Waals surface area contributed by atoms with Crippen LogP contribution in [0.15, 0.2) is 28.2 Å². The minimum Gasteiger partial charge on any atom is -0.383 e. The second-order valence-electron chi connectivity index (χ2n) is 5.95. The highest BCUT2D eigenvalue weighted by Crippen LogP contribution is 2.20. The maximum Gasteiger partial charge on any atom is 0.321 e. The Morgan fingerprint density at radius 2 is 2.14 bits per heavy atom. The SMILES string of the molecule is CCCCNC(=O)NC(=O)CSc1nc2cc(Cl)ccc2c(=O)n1CCOC. The molecule has 2 N–H and O–H groups in total. The Hall–Kier alpha value is -2.10. The van der Waals surface area contributed by atoms with Crippen molar-refractivity contribution < 1.29 is 14.3 Å². The van der Waals surface area contributed by atoms with Crippen LogP contribution in [-0.4, -0.2) is 47.5 Å². The molecule has 0 saturated heterocycles. The maximum absolute atomic E-state index is 12.8. The number of ether oxygens (including phenoxy) is 1. The fourth-order valence-corrected chi connectivity index (χ4v) is 3.37. The first kappa shape index (κ1) is 22.2. The molecule has 0 aliphatic heterocycles. The second kappa shape index (κ2) is 11.0. The number of halogens is 1. The highest BCUT2D eigenvalue weighted by molar-refractivity contribution is 7.99. The lowest BCUT2D eigenvalue weighted by Gasteiger charge is -2.13. The summed E-state index contributed by atoms with van der Waals surface area (Å²) in [6.45, 7) is 3.13. The lowest BCUT2D eigenvalue weighted by atomic mass is 10.2. The molecule has 0 spiro atoms. The minimum atomic E-state index is -0.533. The number of methoxy groups -OCH3 is 1. The molecule has 0 radical (unpaired) electrons. The Kier molecular flexibility index (Phi) is 8.75. The lowest BCUT2D eigenvalue weighted by Crippen LogP contribution is -2.40. The van der Waals surface area contributed by atoms with Crippen LogP contribution in [0.4, 0.5) is 4.79 Å². The molecule has 0 fully saturated rings. The van der Waals surface area contributed by atoms with E-state index < -0.39 is 11.9 Å². The van der Waals surface area contributed by atoms with Gasteiger partial charge in [-0.2, -0.15) is 0 Å². The smallest absolute Gasteiger partial charge is 0.321 e. The second-order valence-corrected chi connectivity index (χ2v) is 7.33. The number of aromatic nitrogens is 2. The van der Waals surface area contributed by atoms with Crippen LogP contribution in [-0.2, 0) is 16.1 Å². The van der Waals surface area contributed by atoms with Gasteiger partial charge in [-0.1, -0.05) is 36.7 Å². The molecule has 1 heterocycles. The number of hydrogen-bond donors (Lipinski definition) is 2. The van der Waals surface area contributed by atoms with Gasteiger partial charge in [0.2, 0.25) is 5.91 Å². The van der Waals surface area contributed by atoms with Crippen molar-refractivity contribution in [2.45, 2.75) is 31.5 Å². The van der Waals surface area contributed by atoms with Gasteiger partial charge in [0.05, 0.1) is 29.8 Å². The number of rotatable bonds is 9. The predicted molar refractivity (Wildman–Crippen MR) is 110 cm³/mol. The molecular formula is C18H23ClN4O4S. The third-order valence-electron chi connectivity index (χ3n) is 3.80. The molecule has 0 unspecified atom stereocenters. The monoisotopic (exact) mass is 426 g/mol. The van der Waals surface area contributed by atoms with Crippen LogP contribution in [0.5, 0.6) is 0 Å². The van der Waals surface area contributed by atoms with E-state index in [9.17, 15) is 14.4 Å². The van der Waals surface area contributed by atoms with E-state index in [4.69, 9.17) is 16.3 Å². The minimum absolute atomic E-state index is 0.0628. The number of nitrogens with one attached hydrogen (secondary N) is 2. The molecule has 2 aromatic rings. The van der Waals surface area contributed by atoms with Crippen molar-refractivity contribution in [2.24, 2.45) is 0 Å². The molecule has 2 rings (SSSR count). The molecule has 28 heavy (non-hydrogen) atoms. The number of unbranched alkanes of at least 4 members (excludes halogenated alkanes) is 1. The van der Waals surface area contributed by atoms with E-state index >= 15 is 0 Å². The number of urea groups is 1. The van der Waals surface area contributed by atoms with E-state index in [2.05, 4.69) is 15.6 Å². The summed E-state index contributed by atoms with van der Waals surface area (Å²) in [6, 6.07) is 4.32. The van der Waals surface area contributed by atoms with E-state index in [-0.39, 0.29) is 11.3 Å². The Morgan fingerprint density at radius 3 is 2.86 bits per heavy atom.